The lowest BCUT2D eigenvalue weighted by Crippen LogP contribution is -2.15. The van der Waals surface area contributed by atoms with Gasteiger partial charge >= 0.3 is 5.97 Å². The Hall–Kier alpha value is -2.29. The summed E-state index contributed by atoms with van der Waals surface area (Å²) in [5.41, 5.74) is 1.00. The molecule has 5 nitrogen and oxygen atoms in total. The van der Waals surface area contributed by atoms with Gasteiger partial charge in [0, 0.05) is 16.2 Å². The first-order chi connectivity index (χ1) is 12.1. The molecule has 136 valence electrons. The van der Waals surface area contributed by atoms with Crippen LogP contribution in [-0.2, 0) is 19.6 Å². The summed E-state index contributed by atoms with van der Waals surface area (Å²) in [7, 11) is -4.43. The number of esters is 1. The van der Waals surface area contributed by atoms with Gasteiger partial charge < -0.3 is 4.74 Å². The van der Waals surface area contributed by atoms with Gasteiger partial charge in [-0.25, -0.2) is 27.1 Å². The first-order valence-electron chi connectivity index (χ1n) is 7.28. The Balaban J connectivity index is 2.23. The second kappa shape index (κ2) is 6.46. The summed E-state index contributed by atoms with van der Waals surface area (Å²) in [6.07, 6.45) is 0. The highest BCUT2D eigenvalue weighted by Crippen LogP contribution is 2.36. The van der Waals surface area contributed by atoms with E-state index in [0.717, 1.165) is 5.56 Å². The van der Waals surface area contributed by atoms with E-state index in [2.05, 4.69) is 0 Å². The molecular weight excluding hydrogens is 388 g/mol. The molecular formula is C17H12ClF2NO4S. The predicted octanol–water partition coefficient (Wildman–Crippen LogP) is 3.04. The third-order valence-electron chi connectivity index (χ3n) is 3.97. The molecule has 0 aromatic heterocycles. The van der Waals surface area contributed by atoms with Gasteiger partial charge in [0.25, 0.3) is 0 Å². The quantitative estimate of drug-likeness (QED) is 0.804. The maximum Gasteiger partial charge on any atom is 0.339 e. The average Bonchev–Trinajstić information content (AvgIpc) is 2.92. The summed E-state index contributed by atoms with van der Waals surface area (Å²) in [6.45, 7) is 1.49. The Morgan fingerprint density at radius 1 is 1.15 bits per heavy atom. The van der Waals surface area contributed by atoms with E-state index < -0.39 is 32.5 Å². The van der Waals surface area contributed by atoms with Crippen molar-refractivity contribution in [2.45, 2.75) is 11.8 Å². The fourth-order valence-electron chi connectivity index (χ4n) is 2.64. The maximum atomic E-state index is 14.5. The van der Waals surface area contributed by atoms with Crippen LogP contribution in [0.4, 0.5) is 8.78 Å². The molecule has 1 aliphatic rings. The molecule has 2 aromatic rings. The number of nitrogens with two attached hydrogens (primary N) is 1. The van der Waals surface area contributed by atoms with Gasteiger partial charge in [0.2, 0.25) is 10.0 Å². The van der Waals surface area contributed by atoms with Gasteiger partial charge in [-0.3, -0.25) is 0 Å². The van der Waals surface area contributed by atoms with Crippen LogP contribution in [-0.4, -0.2) is 21.0 Å². The molecule has 2 aromatic carbocycles. The summed E-state index contributed by atoms with van der Waals surface area (Å²) in [6, 6.07) is 5.97. The van der Waals surface area contributed by atoms with E-state index in [1.807, 2.05) is 0 Å². The number of sulfonamides is 1. The van der Waals surface area contributed by atoms with Crippen molar-refractivity contribution in [3.63, 3.8) is 0 Å². The minimum Gasteiger partial charge on any atom is -0.457 e. The Morgan fingerprint density at radius 2 is 1.85 bits per heavy atom. The van der Waals surface area contributed by atoms with Crippen LogP contribution in [0.2, 0.25) is 5.02 Å². The normalized spacial score (nSPS) is 14.7. The summed E-state index contributed by atoms with van der Waals surface area (Å²) < 4.78 is 56.2. The number of aryl methyl sites for hydroxylation is 1. The van der Waals surface area contributed by atoms with Gasteiger partial charge in [-0.1, -0.05) is 23.7 Å². The van der Waals surface area contributed by atoms with Gasteiger partial charge in [-0.2, -0.15) is 0 Å². The summed E-state index contributed by atoms with van der Waals surface area (Å²) in [5.74, 6) is -2.98. The van der Waals surface area contributed by atoms with E-state index in [-0.39, 0.29) is 23.3 Å². The topological polar surface area (TPSA) is 86.5 Å². The number of hydrogen-bond acceptors (Lipinski definition) is 4. The first-order valence-corrected chi connectivity index (χ1v) is 9.21. The van der Waals surface area contributed by atoms with Gasteiger partial charge in [0.15, 0.2) is 0 Å². The van der Waals surface area contributed by atoms with E-state index in [1.165, 1.54) is 6.07 Å². The molecule has 0 unspecified atom stereocenters. The minimum absolute atomic E-state index is 0.0357. The third kappa shape index (κ3) is 3.23. The van der Waals surface area contributed by atoms with Crippen LogP contribution in [0.15, 0.2) is 35.2 Å². The molecule has 0 fully saturated rings. The summed E-state index contributed by atoms with van der Waals surface area (Å²) in [5, 5.41) is 5.26. The number of benzene rings is 2. The zero-order chi connectivity index (χ0) is 19.2. The molecule has 0 bridgehead atoms. The van der Waals surface area contributed by atoms with Crippen molar-refractivity contribution < 1.29 is 26.7 Å². The van der Waals surface area contributed by atoms with Crippen LogP contribution in [0.5, 0.6) is 0 Å². The van der Waals surface area contributed by atoms with E-state index in [1.54, 1.807) is 19.1 Å². The third-order valence-corrected chi connectivity index (χ3v) is 5.30. The molecule has 26 heavy (non-hydrogen) atoms. The Bertz CT molecular complexity index is 1080. The number of carbonyl (C=O) groups excluding carboxylic acids is 1. The smallest absolute Gasteiger partial charge is 0.339 e. The summed E-state index contributed by atoms with van der Waals surface area (Å²) in [4.78, 5) is 11.2. The molecule has 0 atom stereocenters. The Kier molecular flexibility index (Phi) is 4.60. The summed E-state index contributed by atoms with van der Waals surface area (Å²) >= 11 is 6.07. The first kappa shape index (κ1) is 18.5. The number of rotatable bonds is 3. The number of halogens is 3. The highest BCUT2D eigenvalue weighted by Gasteiger charge is 2.30. The Morgan fingerprint density at radius 3 is 2.46 bits per heavy atom. The number of cyclic esters (lactones) is 1. The monoisotopic (exact) mass is 399 g/mol. The van der Waals surface area contributed by atoms with Crippen LogP contribution in [0, 0.1) is 18.6 Å². The van der Waals surface area contributed by atoms with E-state index in [0.29, 0.717) is 22.7 Å². The van der Waals surface area contributed by atoms with E-state index in [4.69, 9.17) is 21.5 Å². The van der Waals surface area contributed by atoms with Gasteiger partial charge in [0.05, 0.1) is 5.57 Å². The van der Waals surface area contributed by atoms with Crippen molar-refractivity contribution >= 4 is 38.7 Å². The highest BCUT2D eigenvalue weighted by molar-refractivity contribution is 7.89. The standard InChI is InChI=1S/C17H12ClF2NO4S/c1-8-2-3-9(4-12(8)18)16-11(7-25-17(16)22)10-5-14(20)15(6-13(10)19)26(21,23)24/h2-6H,7H2,1H3,(H2,21,23,24). The molecule has 2 N–H and O–H groups in total. The molecule has 3 rings (SSSR count). The SMILES string of the molecule is Cc1ccc(C2=C(c3cc(F)c(S(N)(=O)=O)cc3F)COC2=O)cc1Cl. The van der Waals surface area contributed by atoms with Gasteiger partial charge in [-0.05, 0) is 36.2 Å². The van der Waals surface area contributed by atoms with Crippen LogP contribution in [0.25, 0.3) is 11.1 Å². The largest absolute Gasteiger partial charge is 0.457 e. The number of carbonyl (C=O) groups is 1. The molecule has 9 heteroatoms. The lowest BCUT2D eigenvalue weighted by molar-refractivity contribution is -0.133. The zero-order valence-electron chi connectivity index (χ0n) is 13.3. The molecule has 1 aliphatic heterocycles. The minimum atomic E-state index is -4.43. The predicted molar refractivity (Wildman–Crippen MR) is 91.7 cm³/mol. The molecule has 0 saturated heterocycles. The average molecular weight is 400 g/mol. The molecule has 0 aliphatic carbocycles. The molecule has 1 heterocycles. The molecule has 0 amide bonds. The number of ether oxygens (including phenoxy) is 1. The fourth-order valence-corrected chi connectivity index (χ4v) is 3.42. The van der Waals surface area contributed by atoms with Crippen LogP contribution < -0.4 is 5.14 Å². The Labute approximate surface area is 153 Å². The lowest BCUT2D eigenvalue weighted by Gasteiger charge is -2.09. The van der Waals surface area contributed by atoms with Crippen molar-refractivity contribution in [1.82, 2.24) is 0 Å². The second-order valence-corrected chi connectivity index (χ2v) is 7.64. The van der Waals surface area contributed by atoms with Crippen LogP contribution in [0.1, 0.15) is 16.7 Å². The number of primary sulfonamides is 1. The van der Waals surface area contributed by atoms with E-state index >= 15 is 0 Å². The van der Waals surface area contributed by atoms with Crippen molar-refractivity contribution in [3.8, 4) is 0 Å². The van der Waals surface area contributed by atoms with Crippen molar-refractivity contribution in [1.29, 1.82) is 0 Å². The fraction of sp³-hybridized carbons (Fsp3) is 0.118. The van der Waals surface area contributed by atoms with Crippen LogP contribution in [0.3, 0.4) is 0 Å². The maximum absolute atomic E-state index is 14.5. The van der Waals surface area contributed by atoms with Crippen molar-refractivity contribution in [2.75, 3.05) is 6.61 Å². The second-order valence-electron chi connectivity index (χ2n) is 5.70. The van der Waals surface area contributed by atoms with Gasteiger partial charge in [-0.15, -0.1) is 0 Å². The van der Waals surface area contributed by atoms with Crippen molar-refractivity contribution in [2.24, 2.45) is 5.14 Å². The molecule has 0 saturated carbocycles. The number of hydrogen-bond donors (Lipinski definition) is 1. The molecule has 0 radical (unpaired) electrons. The van der Waals surface area contributed by atoms with Crippen LogP contribution >= 0.6 is 11.6 Å². The highest BCUT2D eigenvalue weighted by atomic mass is 35.5. The van der Waals surface area contributed by atoms with Gasteiger partial charge in [0.1, 0.15) is 23.1 Å². The van der Waals surface area contributed by atoms with Crippen molar-refractivity contribution in [3.05, 3.63) is 63.7 Å². The zero-order valence-corrected chi connectivity index (χ0v) is 14.9. The van der Waals surface area contributed by atoms with E-state index in [9.17, 15) is 22.0 Å². The molecule has 0 spiro atoms. The lowest BCUT2D eigenvalue weighted by atomic mass is 9.95.